The summed E-state index contributed by atoms with van der Waals surface area (Å²) in [5.74, 6) is -0.145. The van der Waals surface area contributed by atoms with Crippen molar-refractivity contribution in [2.24, 2.45) is 0 Å². The topological polar surface area (TPSA) is 37.8 Å². The van der Waals surface area contributed by atoms with Crippen LogP contribution in [-0.4, -0.2) is 16.0 Å². The number of anilines is 1. The van der Waals surface area contributed by atoms with E-state index in [1.165, 1.54) is 6.07 Å². The summed E-state index contributed by atoms with van der Waals surface area (Å²) >= 11 is 0. The molecule has 0 radical (unpaired) electrons. The highest BCUT2D eigenvalue weighted by molar-refractivity contribution is 5.25. The van der Waals surface area contributed by atoms with Gasteiger partial charge in [-0.15, -0.1) is 0 Å². The molecule has 0 saturated heterocycles. The molecule has 3 nitrogen and oxygen atoms in total. The second-order valence-corrected chi connectivity index (χ2v) is 2.95. The van der Waals surface area contributed by atoms with Crippen LogP contribution >= 0.6 is 0 Å². The first-order chi connectivity index (χ1) is 5.58. The summed E-state index contributed by atoms with van der Waals surface area (Å²) in [5.41, 5.74) is 0.630. The van der Waals surface area contributed by atoms with Gasteiger partial charge in [-0.05, 0) is 20.8 Å². The lowest BCUT2D eigenvalue weighted by Crippen LogP contribution is -2.13. The third-order valence-corrected chi connectivity index (χ3v) is 1.24. The van der Waals surface area contributed by atoms with E-state index in [0.29, 0.717) is 11.6 Å². The lowest BCUT2D eigenvalue weighted by molar-refractivity contribution is 0.578. The maximum absolute atomic E-state index is 12.7. The van der Waals surface area contributed by atoms with E-state index >= 15 is 0 Å². The second-order valence-electron chi connectivity index (χ2n) is 2.95. The van der Waals surface area contributed by atoms with Crippen LogP contribution in [0.3, 0.4) is 0 Å². The predicted molar refractivity (Wildman–Crippen MR) is 45.5 cm³/mol. The van der Waals surface area contributed by atoms with Crippen LogP contribution in [0.25, 0.3) is 0 Å². The molecule has 1 rings (SSSR count). The largest absolute Gasteiger partial charge is 0.352 e. The number of aryl methyl sites for hydroxylation is 1. The predicted octanol–water partition coefficient (Wildman–Crippen LogP) is 1.74. The molecule has 0 amide bonds. The molecule has 0 aliphatic heterocycles. The van der Waals surface area contributed by atoms with Crippen LogP contribution in [0.4, 0.5) is 10.3 Å². The van der Waals surface area contributed by atoms with Crippen molar-refractivity contribution in [3.05, 3.63) is 17.7 Å². The Morgan fingerprint density at radius 2 is 2.08 bits per heavy atom. The molecule has 0 aliphatic rings. The van der Waals surface area contributed by atoms with Crippen LogP contribution in [0.1, 0.15) is 19.5 Å². The van der Waals surface area contributed by atoms with Crippen molar-refractivity contribution in [2.75, 3.05) is 5.32 Å². The van der Waals surface area contributed by atoms with Gasteiger partial charge >= 0.3 is 0 Å². The normalized spacial score (nSPS) is 10.4. The van der Waals surface area contributed by atoms with Gasteiger partial charge in [0.05, 0.1) is 0 Å². The molecule has 0 aliphatic carbocycles. The molecule has 0 spiro atoms. The van der Waals surface area contributed by atoms with E-state index in [1.54, 1.807) is 6.92 Å². The summed E-state index contributed by atoms with van der Waals surface area (Å²) in [4.78, 5) is 7.60. The molecule has 0 fully saturated rings. The summed E-state index contributed by atoms with van der Waals surface area (Å²) in [7, 11) is 0. The second kappa shape index (κ2) is 3.47. The standard InChI is InChI=1S/C8H12FN3/c1-5(2)10-8-11-6(3)4-7(9)12-8/h4-5H,1-3H3,(H,10,11,12). The number of hydrogen-bond acceptors (Lipinski definition) is 3. The van der Waals surface area contributed by atoms with Crippen LogP contribution in [0.5, 0.6) is 0 Å². The van der Waals surface area contributed by atoms with Crippen LogP contribution in [0.15, 0.2) is 6.07 Å². The van der Waals surface area contributed by atoms with Crippen molar-refractivity contribution in [2.45, 2.75) is 26.8 Å². The lowest BCUT2D eigenvalue weighted by atomic mass is 10.4. The molecule has 1 heterocycles. The molecule has 0 unspecified atom stereocenters. The Balaban J connectivity index is 2.85. The van der Waals surface area contributed by atoms with Gasteiger partial charge in [-0.25, -0.2) is 4.98 Å². The molecule has 0 aromatic carbocycles. The highest BCUT2D eigenvalue weighted by Gasteiger charge is 2.01. The number of nitrogens with one attached hydrogen (secondary N) is 1. The minimum atomic E-state index is -0.495. The number of nitrogens with zero attached hydrogens (tertiary/aromatic N) is 2. The number of hydrogen-bond donors (Lipinski definition) is 1. The molecular weight excluding hydrogens is 157 g/mol. The van der Waals surface area contributed by atoms with Gasteiger partial charge in [0.15, 0.2) is 0 Å². The molecule has 66 valence electrons. The molecular formula is C8H12FN3. The smallest absolute Gasteiger partial charge is 0.225 e. The fourth-order valence-electron chi connectivity index (χ4n) is 0.853. The van der Waals surface area contributed by atoms with Crippen molar-refractivity contribution in [3.63, 3.8) is 0 Å². The molecule has 0 bridgehead atoms. The molecule has 1 aromatic rings. The lowest BCUT2D eigenvalue weighted by Gasteiger charge is -2.07. The maximum Gasteiger partial charge on any atom is 0.225 e. The van der Waals surface area contributed by atoms with Crippen LogP contribution < -0.4 is 5.32 Å². The van der Waals surface area contributed by atoms with Gasteiger partial charge in [-0.3, -0.25) is 0 Å². The third kappa shape index (κ3) is 2.45. The summed E-state index contributed by atoms with van der Waals surface area (Å²) in [6.07, 6.45) is 0. The van der Waals surface area contributed by atoms with Crippen LogP contribution in [0.2, 0.25) is 0 Å². The van der Waals surface area contributed by atoms with E-state index in [4.69, 9.17) is 0 Å². The zero-order valence-corrected chi connectivity index (χ0v) is 7.43. The fraction of sp³-hybridized carbons (Fsp3) is 0.500. The third-order valence-electron chi connectivity index (χ3n) is 1.24. The van der Waals surface area contributed by atoms with Crippen LogP contribution in [0, 0.1) is 12.9 Å². The molecule has 1 N–H and O–H groups in total. The zero-order chi connectivity index (χ0) is 9.14. The van der Waals surface area contributed by atoms with E-state index in [2.05, 4.69) is 15.3 Å². The minimum absolute atomic E-state index is 0.214. The Hall–Kier alpha value is -1.19. The first-order valence-electron chi connectivity index (χ1n) is 3.85. The quantitative estimate of drug-likeness (QED) is 0.685. The molecule has 0 atom stereocenters. The Morgan fingerprint density at radius 3 is 2.58 bits per heavy atom. The summed E-state index contributed by atoms with van der Waals surface area (Å²) in [6.45, 7) is 5.63. The van der Waals surface area contributed by atoms with Gasteiger partial charge in [0, 0.05) is 17.8 Å². The van der Waals surface area contributed by atoms with Crippen molar-refractivity contribution in [3.8, 4) is 0 Å². The first-order valence-corrected chi connectivity index (χ1v) is 3.85. The number of rotatable bonds is 2. The van der Waals surface area contributed by atoms with E-state index in [-0.39, 0.29) is 6.04 Å². The minimum Gasteiger partial charge on any atom is -0.352 e. The molecule has 0 saturated carbocycles. The van der Waals surface area contributed by atoms with Gasteiger partial charge in [-0.1, -0.05) is 0 Å². The summed E-state index contributed by atoms with van der Waals surface area (Å²) in [5, 5.41) is 2.92. The van der Waals surface area contributed by atoms with Crippen molar-refractivity contribution in [1.82, 2.24) is 9.97 Å². The van der Waals surface area contributed by atoms with E-state index in [9.17, 15) is 4.39 Å². The van der Waals surface area contributed by atoms with Gasteiger partial charge < -0.3 is 5.32 Å². The molecule has 4 heteroatoms. The Kier molecular flexibility index (Phi) is 2.58. The Labute approximate surface area is 71.0 Å². The number of halogens is 1. The summed E-state index contributed by atoms with van der Waals surface area (Å²) < 4.78 is 12.7. The summed E-state index contributed by atoms with van der Waals surface area (Å²) in [6, 6.07) is 1.51. The monoisotopic (exact) mass is 169 g/mol. The highest BCUT2D eigenvalue weighted by atomic mass is 19.1. The maximum atomic E-state index is 12.7. The van der Waals surface area contributed by atoms with E-state index in [1.807, 2.05) is 13.8 Å². The van der Waals surface area contributed by atoms with Gasteiger partial charge in [-0.2, -0.15) is 9.37 Å². The Morgan fingerprint density at radius 1 is 1.42 bits per heavy atom. The first kappa shape index (κ1) is 8.90. The average molecular weight is 169 g/mol. The van der Waals surface area contributed by atoms with Crippen molar-refractivity contribution < 1.29 is 4.39 Å². The number of aromatic nitrogens is 2. The van der Waals surface area contributed by atoms with Gasteiger partial charge in [0.25, 0.3) is 0 Å². The van der Waals surface area contributed by atoms with Crippen molar-refractivity contribution in [1.29, 1.82) is 0 Å². The van der Waals surface area contributed by atoms with Crippen molar-refractivity contribution >= 4 is 5.95 Å². The van der Waals surface area contributed by atoms with Crippen LogP contribution in [-0.2, 0) is 0 Å². The van der Waals surface area contributed by atoms with Gasteiger partial charge in [0.2, 0.25) is 11.9 Å². The SMILES string of the molecule is Cc1cc(F)nc(NC(C)C)n1. The average Bonchev–Trinajstić information content (AvgIpc) is 1.81. The van der Waals surface area contributed by atoms with E-state index in [0.717, 1.165) is 0 Å². The molecule has 12 heavy (non-hydrogen) atoms. The van der Waals surface area contributed by atoms with E-state index < -0.39 is 5.95 Å². The fourth-order valence-corrected chi connectivity index (χ4v) is 0.853. The highest BCUT2D eigenvalue weighted by Crippen LogP contribution is 2.04. The Bertz CT molecular complexity index is 253. The van der Waals surface area contributed by atoms with Gasteiger partial charge in [0.1, 0.15) is 0 Å². The zero-order valence-electron chi connectivity index (χ0n) is 7.43. The molecule has 1 aromatic heterocycles.